The van der Waals surface area contributed by atoms with Crippen LogP contribution in [0.1, 0.15) is 0 Å². The van der Waals surface area contributed by atoms with Crippen LogP contribution in [-0.4, -0.2) is 95.8 Å². The average Bonchev–Trinajstić information content (AvgIpc) is 3.73. The molecule has 294 valence electrons. The zero-order valence-electron chi connectivity index (χ0n) is 27.9. The van der Waals surface area contributed by atoms with Crippen LogP contribution >= 0.6 is 0 Å². The van der Waals surface area contributed by atoms with Crippen LogP contribution in [0.25, 0.3) is 44.1 Å². The minimum absolute atomic E-state index is 0. The maximum Gasteiger partial charge on any atom is 2.00 e. The number of aromatic amines is 2. The van der Waals surface area contributed by atoms with Gasteiger partial charge in [0.1, 0.15) is 13.5 Å². The summed E-state index contributed by atoms with van der Waals surface area (Å²) in [5.74, 6) is 0.0582. The van der Waals surface area contributed by atoms with Crippen LogP contribution in [0.5, 0.6) is 0 Å². The number of benzene rings is 1. The molecule has 0 atom stereocenters. The molecule has 0 spiro atoms. The summed E-state index contributed by atoms with van der Waals surface area (Å²) < 4.78 is 13.3. The topological polar surface area (TPSA) is 396 Å². The molecule has 1 aromatic carbocycles. The van der Waals surface area contributed by atoms with Crippen molar-refractivity contribution >= 4 is 56.0 Å². The number of aliphatic hydroxyl groups is 2. The van der Waals surface area contributed by atoms with E-state index in [0.29, 0.717) is 11.3 Å². The molecule has 0 fully saturated rings. The van der Waals surface area contributed by atoms with Gasteiger partial charge in [0.2, 0.25) is 11.9 Å². The third-order valence-electron chi connectivity index (χ3n) is 6.26. The molecule has 0 saturated heterocycles. The summed E-state index contributed by atoms with van der Waals surface area (Å²) in [6.07, 6.45) is 6.47. The van der Waals surface area contributed by atoms with E-state index in [0.717, 1.165) is 21.8 Å². The van der Waals surface area contributed by atoms with Gasteiger partial charge in [-0.2, -0.15) is 9.97 Å². The predicted molar refractivity (Wildman–Crippen MR) is 189 cm³/mol. The van der Waals surface area contributed by atoms with Crippen LogP contribution in [0.4, 0.5) is 11.9 Å². The van der Waals surface area contributed by atoms with Gasteiger partial charge in [-0.25, -0.2) is 9.97 Å². The van der Waals surface area contributed by atoms with Crippen molar-refractivity contribution in [3.05, 3.63) is 113 Å². The first-order valence-corrected chi connectivity index (χ1v) is 14.9. The number of nitrogens with two attached hydrogens (primary N) is 2. The second-order valence-electron chi connectivity index (χ2n) is 9.86. The van der Waals surface area contributed by atoms with Crippen molar-refractivity contribution in [1.29, 1.82) is 0 Å². The van der Waals surface area contributed by atoms with Crippen molar-refractivity contribution in [2.45, 2.75) is 13.5 Å². The Morgan fingerprint density at radius 2 is 1.02 bits per heavy atom. The molecule has 7 rings (SSSR count). The van der Waals surface area contributed by atoms with Crippen LogP contribution in [0.15, 0.2) is 71.0 Å². The van der Waals surface area contributed by atoms with Crippen molar-refractivity contribution in [2.75, 3.05) is 37.9 Å². The van der Waals surface area contributed by atoms with E-state index in [2.05, 4.69) is 64.1 Å². The van der Waals surface area contributed by atoms with Gasteiger partial charge in [0.15, 0.2) is 22.3 Å². The van der Waals surface area contributed by atoms with Crippen LogP contribution < -0.4 is 22.6 Å². The third kappa shape index (κ3) is 13.6. The number of ether oxygens (including phenoxy) is 2. The van der Waals surface area contributed by atoms with E-state index in [1.807, 2.05) is 12.1 Å². The Labute approximate surface area is 319 Å². The van der Waals surface area contributed by atoms with Gasteiger partial charge in [-0.1, -0.05) is 24.3 Å². The maximum absolute atomic E-state index is 11.4. The third-order valence-corrected chi connectivity index (χ3v) is 6.26. The first kappa shape index (κ1) is 44.4. The molecular weight excluding hydrogens is 919 g/mol. The molecule has 26 nitrogen and oxygen atoms in total. The molecule has 0 aliphatic heterocycles. The van der Waals surface area contributed by atoms with Crippen LogP contribution in [0.3, 0.4) is 0 Å². The molecule has 55 heavy (non-hydrogen) atoms. The van der Waals surface area contributed by atoms with E-state index in [1.54, 1.807) is 12.4 Å². The Morgan fingerprint density at radius 3 is 1.36 bits per heavy atom. The number of nitrogens with one attached hydrogen (secondary N) is 2. The number of nitrogen functional groups attached to an aromatic ring is 2. The molecular formula is C28H30N14O12Pt. The van der Waals surface area contributed by atoms with E-state index in [4.69, 9.17) is 61.8 Å². The molecule has 8 N–H and O–H groups in total. The molecule has 0 saturated carbocycles. The molecule has 0 amide bonds. The number of aromatic nitrogens is 10. The van der Waals surface area contributed by atoms with Crippen molar-refractivity contribution < 1.29 is 50.9 Å². The zero-order chi connectivity index (χ0) is 39.6. The van der Waals surface area contributed by atoms with Crippen LogP contribution in [-0.2, 0) is 44.0 Å². The Morgan fingerprint density at radius 1 is 0.655 bits per heavy atom. The Bertz CT molecular complexity index is 2250. The van der Waals surface area contributed by atoms with Gasteiger partial charge in [-0.3, -0.25) is 38.7 Å². The standard InChI is InChI=1S/C12H8N2.2C8H11N5O3.2NO3.Pt/c1-3-9-5-6-10-4-2-8-14-12(10)11(9)13-7-1;2*9-8-11-6-5(7(15)12-8)10-3-13(6)4-16-2-1-14;2*2-1(3)4;/h1-8H;2*3,14H,1-2,4H2,(H3,9,11,12,15);;;/q;;;2*-1;+2. The molecule has 6 heterocycles. The number of pyridine rings is 2. The Hall–Kier alpha value is -6.73. The molecule has 27 heteroatoms. The first-order chi connectivity index (χ1) is 25.9. The number of anilines is 2. The number of rotatable bonds is 8. The van der Waals surface area contributed by atoms with Gasteiger partial charge in [-0.05, 0) is 12.1 Å². The fourth-order valence-electron chi connectivity index (χ4n) is 4.27. The first-order valence-electron chi connectivity index (χ1n) is 14.9. The summed E-state index contributed by atoms with van der Waals surface area (Å²) >= 11 is 0. The maximum atomic E-state index is 11.4. The number of imidazole rings is 2. The molecule has 0 unspecified atom stereocenters. The van der Waals surface area contributed by atoms with Crippen molar-refractivity contribution in [2.24, 2.45) is 0 Å². The number of aliphatic hydroxyl groups excluding tert-OH is 2. The smallest absolute Gasteiger partial charge is 0.394 e. The number of hydrogen-bond donors (Lipinski definition) is 6. The second-order valence-corrected chi connectivity index (χ2v) is 9.86. The fourth-order valence-corrected chi connectivity index (χ4v) is 4.27. The summed E-state index contributed by atoms with van der Waals surface area (Å²) in [4.78, 5) is 68.4. The van der Waals surface area contributed by atoms with Crippen molar-refractivity contribution in [3.8, 4) is 0 Å². The summed E-state index contributed by atoms with van der Waals surface area (Å²) in [6, 6.07) is 12.1. The van der Waals surface area contributed by atoms with E-state index >= 15 is 0 Å². The molecule has 0 aliphatic carbocycles. The van der Waals surface area contributed by atoms with E-state index in [-0.39, 0.29) is 95.0 Å². The van der Waals surface area contributed by atoms with Gasteiger partial charge in [-0.15, -0.1) is 0 Å². The van der Waals surface area contributed by atoms with E-state index < -0.39 is 10.2 Å². The summed E-state index contributed by atoms with van der Waals surface area (Å²) in [7, 11) is 0. The fraction of sp³-hybridized carbons (Fsp3) is 0.214. The van der Waals surface area contributed by atoms with Gasteiger partial charge in [0, 0.05) is 23.2 Å². The summed E-state index contributed by atoms with van der Waals surface area (Å²) in [5.41, 5.74) is 13.2. The minimum atomic E-state index is -1.75. The molecule has 6 aromatic heterocycles. The number of nitrogens with zero attached hydrogens (tertiary/aromatic N) is 10. The summed E-state index contributed by atoms with van der Waals surface area (Å²) in [5, 5.41) is 48.9. The average molecular weight is 950 g/mol. The minimum Gasteiger partial charge on any atom is -0.394 e. The van der Waals surface area contributed by atoms with Gasteiger partial charge < -0.3 is 61.8 Å². The van der Waals surface area contributed by atoms with Crippen LogP contribution in [0.2, 0.25) is 0 Å². The zero-order valence-corrected chi connectivity index (χ0v) is 30.2. The number of H-pyrrole nitrogens is 2. The number of fused-ring (bicyclic) bond motifs is 5. The van der Waals surface area contributed by atoms with Crippen molar-refractivity contribution in [1.82, 2.24) is 49.0 Å². The predicted octanol–water partition coefficient (Wildman–Crippen LogP) is -0.361. The van der Waals surface area contributed by atoms with Crippen molar-refractivity contribution in [3.63, 3.8) is 0 Å². The normalized spacial score (nSPS) is 10.1. The van der Waals surface area contributed by atoms with Gasteiger partial charge in [0.25, 0.3) is 11.1 Å². The SMILES string of the molecule is Nc1nc2c(ncn2COCCO)c(=O)[nH]1.Nc1nc2c(ncn2COCCO)c(=O)[nH]1.O=[N+]([O-])[O-].O=[N+]([O-])[O-].[Pt+2].c1cnc2c(c1)ccc1cccnc12. The van der Waals surface area contributed by atoms with E-state index in [1.165, 1.54) is 21.8 Å². The molecule has 0 bridgehead atoms. The van der Waals surface area contributed by atoms with Crippen LogP contribution in [0, 0.1) is 30.6 Å². The largest absolute Gasteiger partial charge is 2.00 e. The second kappa shape index (κ2) is 22.4. The number of hydrogen-bond acceptors (Lipinski definition) is 20. The molecule has 0 aliphatic rings. The Balaban J connectivity index is 0.000000258. The quantitative estimate of drug-likeness (QED) is 0.0490. The summed E-state index contributed by atoms with van der Waals surface area (Å²) in [6.45, 7) is 0.599. The monoisotopic (exact) mass is 949 g/mol. The molecule has 7 aromatic rings. The van der Waals surface area contributed by atoms with E-state index in [9.17, 15) is 9.59 Å². The Kier molecular flexibility index (Phi) is 18.1. The van der Waals surface area contributed by atoms with Gasteiger partial charge >= 0.3 is 21.1 Å². The van der Waals surface area contributed by atoms with Gasteiger partial charge in [0.05, 0.1) is 60.3 Å². The molecule has 0 radical (unpaired) electrons.